The first-order valence-corrected chi connectivity index (χ1v) is 6.92. The van der Waals surface area contributed by atoms with E-state index in [0.717, 1.165) is 16.3 Å². The molecule has 1 aliphatic rings. The number of ketones is 1. The van der Waals surface area contributed by atoms with Crippen molar-refractivity contribution in [3.8, 4) is 0 Å². The largest absolute Gasteiger partial charge is 0.507 e. The number of esters is 1. The molecule has 4 nitrogen and oxygen atoms in total. The van der Waals surface area contributed by atoms with Crippen LogP contribution in [0.1, 0.15) is 12.5 Å². The van der Waals surface area contributed by atoms with Crippen molar-refractivity contribution in [1.82, 2.24) is 0 Å². The third kappa shape index (κ3) is 2.39. The van der Waals surface area contributed by atoms with E-state index in [4.69, 9.17) is 4.74 Å². The van der Waals surface area contributed by atoms with Gasteiger partial charge in [0.05, 0.1) is 0 Å². The van der Waals surface area contributed by atoms with Crippen LogP contribution in [0.2, 0.25) is 0 Å². The molecular weight excluding hydrogens is 280 g/mol. The highest BCUT2D eigenvalue weighted by Crippen LogP contribution is 2.22. The van der Waals surface area contributed by atoms with Crippen LogP contribution in [0.3, 0.4) is 0 Å². The summed E-state index contributed by atoms with van der Waals surface area (Å²) in [6.07, 6.45) is 2.19. The Morgan fingerprint density at radius 2 is 1.86 bits per heavy atom. The number of carbonyl (C=O) groups excluding carboxylic acids is 2. The van der Waals surface area contributed by atoms with Crippen molar-refractivity contribution < 1.29 is 19.4 Å². The monoisotopic (exact) mass is 294 g/mol. The van der Waals surface area contributed by atoms with E-state index in [9.17, 15) is 14.7 Å². The lowest BCUT2D eigenvalue weighted by atomic mass is 10.0. The van der Waals surface area contributed by atoms with Gasteiger partial charge in [0, 0.05) is 0 Å². The number of rotatable bonds is 2. The van der Waals surface area contributed by atoms with Crippen LogP contribution in [0, 0.1) is 0 Å². The maximum atomic E-state index is 11.8. The van der Waals surface area contributed by atoms with E-state index in [1.165, 1.54) is 13.0 Å². The second-order valence-electron chi connectivity index (χ2n) is 5.07. The molecule has 0 saturated carbocycles. The molecule has 1 N–H and O–H groups in total. The Hall–Kier alpha value is -2.88. The summed E-state index contributed by atoms with van der Waals surface area (Å²) in [7, 11) is 0. The second-order valence-corrected chi connectivity index (χ2v) is 5.07. The fourth-order valence-corrected chi connectivity index (χ4v) is 2.46. The second kappa shape index (κ2) is 5.48. The molecule has 0 bridgehead atoms. The Morgan fingerprint density at radius 1 is 1.14 bits per heavy atom. The van der Waals surface area contributed by atoms with Gasteiger partial charge in [-0.1, -0.05) is 48.5 Å². The number of aliphatic hydroxyl groups is 1. The van der Waals surface area contributed by atoms with Gasteiger partial charge in [-0.05, 0) is 29.3 Å². The number of hydrogen-bond acceptors (Lipinski definition) is 4. The van der Waals surface area contributed by atoms with E-state index in [0.29, 0.717) is 0 Å². The number of carbonyl (C=O) groups is 2. The zero-order valence-electron chi connectivity index (χ0n) is 11.9. The SMILES string of the molecule is CC1OC(=O)/C(=C(O)\C=C\c2cccc3ccccc23)C1=O. The predicted octanol–water partition coefficient (Wildman–Crippen LogP) is 3.18. The topological polar surface area (TPSA) is 63.6 Å². The summed E-state index contributed by atoms with van der Waals surface area (Å²) in [6, 6.07) is 13.6. The van der Waals surface area contributed by atoms with Gasteiger partial charge in [0.1, 0.15) is 11.3 Å². The van der Waals surface area contributed by atoms with Gasteiger partial charge in [-0.25, -0.2) is 4.79 Å². The van der Waals surface area contributed by atoms with E-state index in [1.807, 2.05) is 42.5 Å². The summed E-state index contributed by atoms with van der Waals surface area (Å²) >= 11 is 0. The fraction of sp³-hybridized carbons (Fsp3) is 0.111. The van der Waals surface area contributed by atoms with Crippen LogP contribution in [0.25, 0.3) is 16.8 Å². The average Bonchev–Trinajstić information content (AvgIpc) is 2.77. The molecule has 0 aromatic heterocycles. The molecule has 1 atom stereocenters. The molecule has 3 rings (SSSR count). The third-order valence-electron chi connectivity index (χ3n) is 3.60. The van der Waals surface area contributed by atoms with Crippen LogP contribution in [0.15, 0.2) is 59.9 Å². The van der Waals surface area contributed by atoms with E-state index in [1.54, 1.807) is 6.08 Å². The quantitative estimate of drug-likeness (QED) is 0.400. The van der Waals surface area contributed by atoms with Crippen LogP contribution in [0.4, 0.5) is 0 Å². The lowest BCUT2D eigenvalue weighted by molar-refractivity contribution is -0.139. The first-order valence-electron chi connectivity index (χ1n) is 6.92. The summed E-state index contributed by atoms with van der Waals surface area (Å²) in [5, 5.41) is 12.1. The molecule has 1 aliphatic heterocycles. The van der Waals surface area contributed by atoms with Gasteiger partial charge in [-0.15, -0.1) is 0 Å². The van der Waals surface area contributed by atoms with E-state index in [2.05, 4.69) is 0 Å². The molecular formula is C18H14O4. The van der Waals surface area contributed by atoms with Crippen molar-refractivity contribution in [2.24, 2.45) is 0 Å². The van der Waals surface area contributed by atoms with E-state index >= 15 is 0 Å². The molecule has 0 aliphatic carbocycles. The minimum Gasteiger partial charge on any atom is -0.507 e. The lowest BCUT2D eigenvalue weighted by Crippen LogP contribution is -2.11. The van der Waals surface area contributed by atoms with Crippen LogP contribution in [-0.4, -0.2) is 23.0 Å². The van der Waals surface area contributed by atoms with Crippen molar-refractivity contribution in [3.63, 3.8) is 0 Å². The van der Waals surface area contributed by atoms with Gasteiger partial charge >= 0.3 is 5.97 Å². The van der Waals surface area contributed by atoms with Crippen LogP contribution < -0.4 is 0 Å². The number of Topliss-reactive ketones (excluding diaryl/α,β-unsaturated/α-hetero) is 1. The zero-order chi connectivity index (χ0) is 15.7. The van der Waals surface area contributed by atoms with Gasteiger partial charge in [0.2, 0.25) is 5.78 Å². The highest BCUT2D eigenvalue weighted by molar-refractivity contribution is 6.23. The molecule has 1 fully saturated rings. The van der Waals surface area contributed by atoms with Crippen LogP contribution >= 0.6 is 0 Å². The average molecular weight is 294 g/mol. The molecule has 1 heterocycles. The van der Waals surface area contributed by atoms with Crippen molar-refractivity contribution in [3.05, 3.63) is 65.4 Å². The number of cyclic esters (lactones) is 1. The van der Waals surface area contributed by atoms with Crippen molar-refractivity contribution in [2.75, 3.05) is 0 Å². The minimum absolute atomic E-state index is 0.288. The first-order chi connectivity index (χ1) is 10.6. The number of ether oxygens (including phenoxy) is 1. The van der Waals surface area contributed by atoms with Crippen molar-refractivity contribution in [2.45, 2.75) is 13.0 Å². The molecule has 22 heavy (non-hydrogen) atoms. The number of hydrogen-bond donors (Lipinski definition) is 1. The molecule has 2 aromatic rings. The highest BCUT2D eigenvalue weighted by Gasteiger charge is 2.37. The number of aliphatic hydroxyl groups excluding tert-OH is 1. The smallest absolute Gasteiger partial charge is 0.346 e. The molecule has 1 saturated heterocycles. The number of benzene rings is 2. The normalized spacial score (nSPS) is 20.7. The Kier molecular flexibility index (Phi) is 3.51. The fourth-order valence-electron chi connectivity index (χ4n) is 2.46. The summed E-state index contributed by atoms with van der Waals surface area (Å²) in [4.78, 5) is 23.3. The van der Waals surface area contributed by atoms with Gasteiger partial charge < -0.3 is 9.84 Å². The highest BCUT2D eigenvalue weighted by atomic mass is 16.6. The molecule has 0 amide bonds. The lowest BCUT2D eigenvalue weighted by Gasteiger charge is -2.01. The minimum atomic E-state index is -0.837. The molecule has 110 valence electrons. The number of allylic oxidation sites excluding steroid dienone is 1. The number of fused-ring (bicyclic) bond motifs is 1. The summed E-state index contributed by atoms with van der Waals surface area (Å²) in [5.41, 5.74) is 0.598. The molecule has 2 aromatic carbocycles. The standard InChI is InChI=1S/C18H14O4/c1-11-17(20)16(18(21)22-11)15(19)10-9-13-7-4-6-12-5-2-3-8-14(12)13/h2-11,19H,1H3/b10-9+,16-15+. The van der Waals surface area contributed by atoms with Gasteiger partial charge in [-0.2, -0.15) is 0 Å². The summed E-state index contributed by atoms with van der Waals surface area (Å²) in [5.74, 6) is -1.64. The maximum Gasteiger partial charge on any atom is 0.346 e. The molecule has 4 heteroatoms. The van der Waals surface area contributed by atoms with Crippen LogP contribution in [-0.2, 0) is 14.3 Å². The predicted molar refractivity (Wildman–Crippen MR) is 83.2 cm³/mol. The molecule has 0 spiro atoms. The van der Waals surface area contributed by atoms with E-state index < -0.39 is 17.9 Å². The Balaban J connectivity index is 2.00. The molecule has 1 unspecified atom stereocenters. The zero-order valence-corrected chi connectivity index (χ0v) is 11.9. The third-order valence-corrected chi connectivity index (χ3v) is 3.60. The Morgan fingerprint density at radius 3 is 2.59 bits per heavy atom. The van der Waals surface area contributed by atoms with Crippen LogP contribution in [0.5, 0.6) is 0 Å². The first kappa shape index (κ1) is 14.1. The maximum absolute atomic E-state index is 11.8. The Bertz CT molecular complexity index is 825. The van der Waals surface area contributed by atoms with Crippen molar-refractivity contribution >= 4 is 28.6 Å². The van der Waals surface area contributed by atoms with Gasteiger partial charge in [-0.3, -0.25) is 4.79 Å². The molecule has 0 radical (unpaired) electrons. The summed E-state index contributed by atoms with van der Waals surface area (Å²) < 4.78 is 4.79. The van der Waals surface area contributed by atoms with Gasteiger partial charge in [0.15, 0.2) is 6.10 Å². The van der Waals surface area contributed by atoms with E-state index in [-0.39, 0.29) is 11.3 Å². The summed E-state index contributed by atoms with van der Waals surface area (Å²) in [6.45, 7) is 1.48. The Labute approximate surface area is 127 Å². The van der Waals surface area contributed by atoms with Gasteiger partial charge in [0.25, 0.3) is 0 Å². The van der Waals surface area contributed by atoms with Crippen molar-refractivity contribution in [1.29, 1.82) is 0 Å².